The second-order valence-electron chi connectivity index (χ2n) is 20.8. The van der Waals surface area contributed by atoms with Crippen LogP contribution < -0.4 is 5.32 Å². The second kappa shape index (κ2) is 57.5. The fourth-order valence-corrected chi connectivity index (χ4v) is 9.23. The number of aliphatic hydroxyl groups excluding tert-OH is 2. The Hall–Kier alpha value is -2.44. The molecule has 408 valence electrons. The molecule has 3 unspecified atom stereocenters. The highest BCUT2D eigenvalue weighted by atomic mass is 16.5. The number of ether oxygens (including phenoxy) is 1. The molecular formula is C64H117NO5. The maximum Gasteiger partial charge on any atom is 0.306 e. The van der Waals surface area contributed by atoms with Crippen LogP contribution in [0.5, 0.6) is 0 Å². The first-order valence-corrected chi connectivity index (χ1v) is 30.5. The van der Waals surface area contributed by atoms with Crippen LogP contribution in [0.15, 0.2) is 60.8 Å². The van der Waals surface area contributed by atoms with Crippen LogP contribution in [0.25, 0.3) is 0 Å². The monoisotopic (exact) mass is 980 g/mol. The Morgan fingerprint density at radius 3 is 1.24 bits per heavy atom. The lowest BCUT2D eigenvalue weighted by atomic mass is 10.0. The number of carbonyl (C=O) groups is 2. The van der Waals surface area contributed by atoms with Gasteiger partial charge in [0.25, 0.3) is 0 Å². The zero-order chi connectivity index (χ0) is 50.9. The van der Waals surface area contributed by atoms with Gasteiger partial charge >= 0.3 is 5.97 Å². The summed E-state index contributed by atoms with van der Waals surface area (Å²) in [5, 5.41) is 23.9. The summed E-state index contributed by atoms with van der Waals surface area (Å²) in [5.74, 6) is -0.502. The molecule has 0 fully saturated rings. The van der Waals surface area contributed by atoms with Crippen molar-refractivity contribution in [1.82, 2.24) is 5.32 Å². The lowest BCUT2D eigenvalue weighted by Gasteiger charge is -2.24. The summed E-state index contributed by atoms with van der Waals surface area (Å²) in [6.45, 7) is 6.47. The van der Waals surface area contributed by atoms with E-state index in [0.29, 0.717) is 19.3 Å². The van der Waals surface area contributed by atoms with E-state index in [1.54, 1.807) is 0 Å². The van der Waals surface area contributed by atoms with Gasteiger partial charge in [-0.1, -0.05) is 274 Å². The van der Waals surface area contributed by atoms with Gasteiger partial charge < -0.3 is 20.3 Å². The van der Waals surface area contributed by atoms with E-state index in [1.165, 1.54) is 186 Å². The van der Waals surface area contributed by atoms with Crippen molar-refractivity contribution < 1.29 is 24.5 Å². The third-order valence-electron chi connectivity index (χ3n) is 13.9. The minimum absolute atomic E-state index is 0.0534. The van der Waals surface area contributed by atoms with E-state index in [1.807, 2.05) is 0 Å². The number of hydrogen-bond acceptors (Lipinski definition) is 5. The molecule has 1 amide bonds. The van der Waals surface area contributed by atoms with Gasteiger partial charge in [-0.3, -0.25) is 9.59 Å². The van der Waals surface area contributed by atoms with Gasteiger partial charge in [0.15, 0.2) is 0 Å². The molecule has 0 aliphatic carbocycles. The summed E-state index contributed by atoms with van der Waals surface area (Å²) in [6.07, 6.45) is 72.9. The van der Waals surface area contributed by atoms with Gasteiger partial charge in [-0.15, -0.1) is 0 Å². The Morgan fingerprint density at radius 1 is 0.429 bits per heavy atom. The fraction of sp³-hybridized carbons (Fsp3) is 0.812. The van der Waals surface area contributed by atoms with Crippen molar-refractivity contribution in [3.8, 4) is 0 Å². The van der Waals surface area contributed by atoms with Gasteiger partial charge in [0, 0.05) is 6.42 Å². The number of carbonyl (C=O) groups excluding carboxylic acids is 2. The first-order valence-electron chi connectivity index (χ1n) is 30.5. The lowest BCUT2D eigenvalue weighted by Crippen LogP contribution is -2.46. The third-order valence-corrected chi connectivity index (χ3v) is 13.9. The number of nitrogens with one attached hydrogen (secondary N) is 1. The number of amides is 1. The van der Waals surface area contributed by atoms with Crippen molar-refractivity contribution in [3.63, 3.8) is 0 Å². The largest absolute Gasteiger partial charge is 0.462 e. The maximum atomic E-state index is 13.3. The quantitative estimate of drug-likeness (QED) is 0.0244. The van der Waals surface area contributed by atoms with Crippen LogP contribution in [0.3, 0.4) is 0 Å². The predicted molar refractivity (Wildman–Crippen MR) is 305 cm³/mol. The van der Waals surface area contributed by atoms with Crippen LogP contribution in [0.1, 0.15) is 310 Å². The van der Waals surface area contributed by atoms with E-state index in [4.69, 9.17) is 4.74 Å². The molecule has 3 N–H and O–H groups in total. The zero-order valence-corrected chi connectivity index (χ0v) is 46.7. The summed E-state index contributed by atoms with van der Waals surface area (Å²) in [7, 11) is 0. The van der Waals surface area contributed by atoms with Gasteiger partial charge in [0.05, 0.1) is 25.2 Å². The van der Waals surface area contributed by atoms with E-state index in [2.05, 4.69) is 86.8 Å². The number of aliphatic hydroxyl groups is 2. The Labute approximate surface area is 435 Å². The van der Waals surface area contributed by atoms with Crippen LogP contribution in [0.2, 0.25) is 0 Å². The molecule has 70 heavy (non-hydrogen) atoms. The first kappa shape index (κ1) is 67.6. The smallest absolute Gasteiger partial charge is 0.306 e. The van der Waals surface area contributed by atoms with E-state index in [0.717, 1.165) is 77.0 Å². The van der Waals surface area contributed by atoms with Crippen LogP contribution in [-0.4, -0.2) is 46.9 Å². The Balaban J connectivity index is 4.59. The predicted octanol–water partition coefficient (Wildman–Crippen LogP) is 19.1. The Kier molecular flexibility index (Phi) is 55.5. The van der Waals surface area contributed by atoms with Gasteiger partial charge in [-0.25, -0.2) is 0 Å². The molecule has 0 saturated carbocycles. The molecule has 0 spiro atoms. The molecular weight excluding hydrogens is 863 g/mol. The molecule has 0 aliphatic rings. The molecule has 0 aromatic carbocycles. The van der Waals surface area contributed by atoms with E-state index < -0.39 is 18.2 Å². The SMILES string of the molecule is CCCCC/C=C\C/C=C\CCCCCCCCCCCC(=O)OC(CCCCC/C=C/C=C/C=C/CCCCCCC)CC(=O)NC(CO)C(O)CCCCCCCCCCCCCCCCCC. The molecule has 0 heterocycles. The molecule has 0 saturated heterocycles. The highest BCUT2D eigenvalue weighted by Crippen LogP contribution is 2.18. The normalized spacial score (nSPS) is 13.5. The fourth-order valence-electron chi connectivity index (χ4n) is 9.23. The lowest BCUT2D eigenvalue weighted by molar-refractivity contribution is -0.151. The summed E-state index contributed by atoms with van der Waals surface area (Å²) < 4.78 is 5.96. The number of unbranched alkanes of at least 4 members (excludes halogenated alkanes) is 35. The van der Waals surface area contributed by atoms with Gasteiger partial charge in [-0.2, -0.15) is 0 Å². The Morgan fingerprint density at radius 2 is 0.786 bits per heavy atom. The van der Waals surface area contributed by atoms with Crippen molar-refractivity contribution >= 4 is 11.9 Å². The average Bonchev–Trinajstić information content (AvgIpc) is 3.35. The van der Waals surface area contributed by atoms with Gasteiger partial charge in [0.1, 0.15) is 6.10 Å². The average molecular weight is 981 g/mol. The zero-order valence-electron chi connectivity index (χ0n) is 46.7. The van der Waals surface area contributed by atoms with Gasteiger partial charge in [0.2, 0.25) is 5.91 Å². The van der Waals surface area contributed by atoms with E-state index in [-0.39, 0.29) is 24.9 Å². The molecule has 0 radical (unpaired) electrons. The molecule has 0 aromatic heterocycles. The summed E-state index contributed by atoms with van der Waals surface area (Å²) in [5.41, 5.74) is 0. The summed E-state index contributed by atoms with van der Waals surface area (Å²) >= 11 is 0. The maximum absolute atomic E-state index is 13.3. The van der Waals surface area contributed by atoms with E-state index in [9.17, 15) is 19.8 Å². The van der Waals surface area contributed by atoms with Crippen molar-refractivity contribution in [2.75, 3.05) is 6.61 Å². The topological polar surface area (TPSA) is 95.9 Å². The molecule has 3 atom stereocenters. The highest BCUT2D eigenvalue weighted by molar-refractivity contribution is 5.77. The number of allylic oxidation sites excluding steroid dienone is 10. The number of hydrogen-bond donors (Lipinski definition) is 3. The van der Waals surface area contributed by atoms with Crippen LogP contribution in [0, 0.1) is 0 Å². The standard InChI is InChI=1S/C64H117NO5/c1-4-7-10-13-16-19-22-25-28-31-32-33-36-39-42-45-48-51-54-57-64(69)70-60(55-52-49-46-43-40-37-34-29-26-23-20-17-14-11-8-5-2)58-63(68)65-61(59-66)62(67)56-53-50-47-44-41-38-35-30-27-24-21-18-15-12-9-6-3/h16,19,23,25-26,28-29,34,37,40,60-62,66-67H,4-15,17-18,20-22,24,27,30-33,35-36,38-39,41-59H2,1-3H3,(H,65,68)/b19-16-,26-23+,28-25-,34-29+,40-37+. The van der Waals surface area contributed by atoms with E-state index >= 15 is 0 Å². The third kappa shape index (κ3) is 51.9. The summed E-state index contributed by atoms with van der Waals surface area (Å²) in [6, 6.07) is -0.716. The van der Waals surface area contributed by atoms with Crippen molar-refractivity contribution in [3.05, 3.63) is 60.8 Å². The van der Waals surface area contributed by atoms with Crippen LogP contribution in [-0.2, 0) is 14.3 Å². The van der Waals surface area contributed by atoms with Crippen molar-refractivity contribution in [2.24, 2.45) is 0 Å². The Bertz CT molecular complexity index is 1240. The minimum atomic E-state index is -0.800. The number of esters is 1. The molecule has 6 nitrogen and oxygen atoms in total. The van der Waals surface area contributed by atoms with Crippen molar-refractivity contribution in [1.29, 1.82) is 0 Å². The molecule has 6 heteroatoms. The molecule has 0 rings (SSSR count). The highest BCUT2D eigenvalue weighted by Gasteiger charge is 2.24. The van der Waals surface area contributed by atoms with Crippen LogP contribution in [0.4, 0.5) is 0 Å². The second-order valence-corrected chi connectivity index (χ2v) is 20.8. The van der Waals surface area contributed by atoms with Crippen LogP contribution >= 0.6 is 0 Å². The minimum Gasteiger partial charge on any atom is -0.462 e. The number of rotatable bonds is 55. The molecule has 0 aliphatic heterocycles. The first-order chi connectivity index (χ1) is 34.5. The van der Waals surface area contributed by atoms with Crippen molar-refractivity contribution in [2.45, 2.75) is 328 Å². The summed E-state index contributed by atoms with van der Waals surface area (Å²) in [4.78, 5) is 26.3. The molecule has 0 bridgehead atoms. The van der Waals surface area contributed by atoms with Gasteiger partial charge in [-0.05, 0) is 83.5 Å². The molecule has 0 aromatic rings.